The Labute approximate surface area is 374 Å². The predicted molar refractivity (Wildman–Crippen MR) is 260 cm³/mol. The molecule has 0 radical (unpaired) electrons. The molecular formula is C54H105NO5. The number of carbonyl (C=O) groups is 2. The average molecular weight is 848 g/mol. The van der Waals surface area contributed by atoms with E-state index in [1.165, 1.54) is 193 Å². The number of hydrogen-bond donors (Lipinski definition) is 3. The summed E-state index contributed by atoms with van der Waals surface area (Å²) in [5, 5.41) is 23.8. The van der Waals surface area contributed by atoms with Gasteiger partial charge in [-0.1, -0.05) is 245 Å². The van der Waals surface area contributed by atoms with Gasteiger partial charge in [-0.05, 0) is 51.4 Å². The maximum atomic E-state index is 13.2. The molecule has 6 heteroatoms. The zero-order chi connectivity index (χ0) is 43.8. The second-order valence-corrected chi connectivity index (χ2v) is 18.6. The van der Waals surface area contributed by atoms with E-state index in [0.29, 0.717) is 19.3 Å². The van der Waals surface area contributed by atoms with Crippen molar-refractivity contribution in [3.63, 3.8) is 0 Å². The number of carbonyl (C=O) groups excluding carboxylic acids is 2. The molecule has 0 rings (SSSR count). The Kier molecular flexibility index (Phi) is 47.5. The topological polar surface area (TPSA) is 95.9 Å². The molecular weight excluding hydrogens is 743 g/mol. The summed E-state index contributed by atoms with van der Waals surface area (Å²) in [7, 11) is 0. The lowest BCUT2D eigenvalue weighted by Crippen LogP contribution is -2.46. The third kappa shape index (κ3) is 43.3. The summed E-state index contributed by atoms with van der Waals surface area (Å²) < 4.78 is 5.94. The Morgan fingerprint density at radius 3 is 1.20 bits per heavy atom. The first-order valence-electron chi connectivity index (χ1n) is 26.9. The third-order valence-electron chi connectivity index (χ3n) is 12.6. The molecule has 0 fully saturated rings. The monoisotopic (exact) mass is 848 g/mol. The summed E-state index contributed by atoms with van der Waals surface area (Å²) in [5.74, 6) is -0.470. The molecule has 1 amide bonds. The zero-order valence-corrected chi connectivity index (χ0v) is 40.6. The summed E-state index contributed by atoms with van der Waals surface area (Å²) in [6.45, 7) is 6.50. The van der Waals surface area contributed by atoms with Crippen molar-refractivity contribution in [2.24, 2.45) is 0 Å². The number of amides is 1. The molecule has 0 aromatic rings. The van der Waals surface area contributed by atoms with Crippen molar-refractivity contribution in [1.82, 2.24) is 5.32 Å². The molecule has 0 saturated carbocycles. The fourth-order valence-corrected chi connectivity index (χ4v) is 8.49. The number of hydrogen-bond acceptors (Lipinski definition) is 5. The molecule has 0 spiro atoms. The van der Waals surface area contributed by atoms with Crippen LogP contribution in [0.1, 0.15) is 297 Å². The Hall–Kier alpha value is -1.40. The lowest BCUT2D eigenvalue weighted by Gasteiger charge is -2.24. The van der Waals surface area contributed by atoms with Crippen molar-refractivity contribution < 1.29 is 24.5 Å². The van der Waals surface area contributed by atoms with Gasteiger partial charge in [-0.2, -0.15) is 0 Å². The molecule has 60 heavy (non-hydrogen) atoms. The molecule has 0 saturated heterocycles. The number of aliphatic hydroxyl groups is 2. The number of unbranched alkanes of at least 4 members (excludes halogenated alkanes) is 35. The Bertz CT molecular complexity index is 909. The lowest BCUT2D eigenvalue weighted by atomic mass is 10.0. The van der Waals surface area contributed by atoms with E-state index >= 15 is 0 Å². The van der Waals surface area contributed by atoms with Crippen LogP contribution in [0.25, 0.3) is 0 Å². The van der Waals surface area contributed by atoms with Crippen molar-refractivity contribution in [2.45, 2.75) is 315 Å². The van der Waals surface area contributed by atoms with Gasteiger partial charge in [0.05, 0.1) is 25.2 Å². The van der Waals surface area contributed by atoms with Crippen LogP contribution >= 0.6 is 0 Å². The smallest absolute Gasteiger partial charge is 0.306 e. The molecule has 0 aromatic carbocycles. The number of allylic oxidation sites excluding steroid dienone is 2. The molecule has 3 atom stereocenters. The van der Waals surface area contributed by atoms with Crippen LogP contribution < -0.4 is 5.32 Å². The average Bonchev–Trinajstić information content (AvgIpc) is 3.24. The molecule has 0 bridgehead atoms. The van der Waals surface area contributed by atoms with E-state index in [1.807, 2.05) is 0 Å². The quantitative estimate of drug-likeness (QED) is 0.0322. The molecule has 0 aliphatic carbocycles. The van der Waals surface area contributed by atoms with Gasteiger partial charge in [-0.3, -0.25) is 9.59 Å². The van der Waals surface area contributed by atoms with Crippen molar-refractivity contribution in [2.75, 3.05) is 6.61 Å². The number of rotatable bonds is 49. The summed E-state index contributed by atoms with van der Waals surface area (Å²) in [6.07, 6.45) is 54.2. The highest BCUT2D eigenvalue weighted by Gasteiger charge is 2.24. The van der Waals surface area contributed by atoms with Crippen LogP contribution in [0.2, 0.25) is 0 Å². The highest BCUT2D eigenvalue weighted by molar-refractivity contribution is 5.77. The fourth-order valence-electron chi connectivity index (χ4n) is 8.49. The van der Waals surface area contributed by atoms with Crippen LogP contribution in [0.3, 0.4) is 0 Å². The normalized spacial score (nSPS) is 13.2. The number of ether oxygens (including phenoxy) is 1. The highest BCUT2D eigenvalue weighted by Crippen LogP contribution is 2.18. The van der Waals surface area contributed by atoms with Gasteiger partial charge in [0.2, 0.25) is 5.91 Å². The molecule has 0 aliphatic heterocycles. The molecule has 3 unspecified atom stereocenters. The largest absolute Gasteiger partial charge is 0.462 e. The van der Waals surface area contributed by atoms with Crippen LogP contribution in [-0.4, -0.2) is 46.9 Å². The number of nitrogens with one attached hydrogen (secondary N) is 1. The minimum Gasteiger partial charge on any atom is -0.462 e. The zero-order valence-electron chi connectivity index (χ0n) is 40.6. The van der Waals surface area contributed by atoms with Crippen LogP contribution in [-0.2, 0) is 14.3 Å². The number of aliphatic hydroxyl groups excluding tert-OH is 2. The van der Waals surface area contributed by atoms with Gasteiger partial charge in [0.15, 0.2) is 0 Å². The molecule has 6 nitrogen and oxygen atoms in total. The molecule has 3 N–H and O–H groups in total. The summed E-state index contributed by atoms with van der Waals surface area (Å²) in [5.41, 5.74) is 0. The summed E-state index contributed by atoms with van der Waals surface area (Å²) in [4.78, 5) is 26.2. The fraction of sp³-hybridized carbons (Fsp3) is 0.926. The summed E-state index contributed by atoms with van der Waals surface area (Å²) >= 11 is 0. The molecule has 0 heterocycles. The van der Waals surface area contributed by atoms with E-state index in [2.05, 4.69) is 38.2 Å². The maximum absolute atomic E-state index is 13.2. The molecule has 0 aliphatic rings. The van der Waals surface area contributed by atoms with Crippen LogP contribution in [0.15, 0.2) is 12.2 Å². The summed E-state index contributed by atoms with van der Waals surface area (Å²) in [6, 6.07) is -0.699. The van der Waals surface area contributed by atoms with Gasteiger partial charge in [0, 0.05) is 6.42 Å². The van der Waals surface area contributed by atoms with Crippen LogP contribution in [0, 0.1) is 0 Å². The number of esters is 1. The van der Waals surface area contributed by atoms with Crippen LogP contribution in [0.5, 0.6) is 0 Å². The van der Waals surface area contributed by atoms with E-state index in [9.17, 15) is 19.8 Å². The van der Waals surface area contributed by atoms with Crippen LogP contribution in [0.4, 0.5) is 0 Å². The minimum atomic E-state index is -0.785. The van der Waals surface area contributed by atoms with Crippen molar-refractivity contribution in [3.05, 3.63) is 12.2 Å². The van der Waals surface area contributed by atoms with Gasteiger partial charge < -0.3 is 20.3 Å². The van der Waals surface area contributed by atoms with Gasteiger partial charge >= 0.3 is 5.97 Å². The Balaban J connectivity index is 4.54. The standard InChI is InChI=1S/C54H105NO5/c1-4-7-10-13-16-19-22-24-26-27-29-32-35-38-41-44-47-54(59)60-50(45-42-39-36-33-31-28-25-23-20-17-14-11-8-5-2)48-53(58)55-51(49-56)52(57)46-43-40-37-34-30-21-18-15-12-9-6-3/h28,31,50-52,56-57H,4-27,29-30,32-49H2,1-3H3,(H,55,58)/b31-28+. The van der Waals surface area contributed by atoms with Crippen molar-refractivity contribution >= 4 is 11.9 Å². The van der Waals surface area contributed by atoms with Gasteiger partial charge in [-0.15, -0.1) is 0 Å². The SMILES string of the molecule is CCCCCCCCC/C=C/CCCCCC(CC(=O)NC(CO)C(O)CCCCCCCCCCCCC)OC(=O)CCCCCCCCCCCCCCCCCC. The minimum absolute atomic E-state index is 0.0741. The Morgan fingerprint density at radius 1 is 0.467 bits per heavy atom. The van der Waals surface area contributed by atoms with Gasteiger partial charge in [0.1, 0.15) is 6.10 Å². The maximum Gasteiger partial charge on any atom is 0.306 e. The second-order valence-electron chi connectivity index (χ2n) is 18.6. The first-order valence-corrected chi connectivity index (χ1v) is 26.9. The molecule has 0 aromatic heterocycles. The van der Waals surface area contributed by atoms with Crippen molar-refractivity contribution in [3.8, 4) is 0 Å². The first-order chi connectivity index (χ1) is 29.5. The Morgan fingerprint density at radius 2 is 0.800 bits per heavy atom. The molecule has 356 valence electrons. The van der Waals surface area contributed by atoms with E-state index in [4.69, 9.17) is 4.74 Å². The van der Waals surface area contributed by atoms with Gasteiger partial charge in [-0.25, -0.2) is 0 Å². The van der Waals surface area contributed by atoms with E-state index < -0.39 is 18.2 Å². The van der Waals surface area contributed by atoms with E-state index in [-0.39, 0.29) is 24.9 Å². The third-order valence-corrected chi connectivity index (χ3v) is 12.6. The van der Waals surface area contributed by atoms with Gasteiger partial charge in [0.25, 0.3) is 0 Å². The van der Waals surface area contributed by atoms with E-state index in [0.717, 1.165) is 57.8 Å². The highest BCUT2D eigenvalue weighted by atomic mass is 16.5. The first kappa shape index (κ1) is 58.6. The predicted octanol–water partition coefficient (Wildman–Crippen LogP) is 16.1. The van der Waals surface area contributed by atoms with Crippen molar-refractivity contribution in [1.29, 1.82) is 0 Å². The second kappa shape index (κ2) is 48.6. The van der Waals surface area contributed by atoms with E-state index in [1.54, 1.807) is 0 Å². The lowest BCUT2D eigenvalue weighted by molar-refractivity contribution is -0.151.